The van der Waals surface area contributed by atoms with Crippen LogP contribution in [0.4, 0.5) is 5.69 Å². The van der Waals surface area contributed by atoms with Gasteiger partial charge in [0, 0.05) is 18.5 Å². The highest BCUT2D eigenvalue weighted by Gasteiger charge is 2.25. The third kappa shape index (κ3) is 5.38. The Morgan fingerprint density at radius 3 is 2.29 bits per heavy atom. The summed E-state index contributed by atoms with van der Waals surface area (Å²) in [4.78, 5) is 24.6. The van der Waals surface area contributed by atoms with E-state index in [9.17, 15) is 9.59 Å². The van der Waals surface area contributed by atoms with Gasteiger partial charge >= 0.3 is 5.97 Å². The molecule has 178 valence electrons. The average molecular weight is 460 g/mol. The average Bonchev–Trinajstić information content (AvgIpc) is 3.43. The summed E-state index contributed by atoms with van der Waals surface area (Å²) in [5.41, 5.74) is 5.31. The molecule has 0 bridgehead atoms. The zero-order valence-electron chi connectivity index (χ0n) is 20.4. The fourth-order valence-corrected chi connectivity index (χ4v) is 4.51. The Hall–Kier alpha value is -3.41. The van der Waals surface area contributed by atoms with Crippen LogP contribution in [0.1, 0.15) is 57.7 Å². The van der Waals surface area contributed by atoms with Crippen molar-refractivity contribution in [3.8, 4) is 22.7 Å². The normalized spacial score (nSPS) is 13.9. The van der Waals surface area contributed by atoms with Crippen molar-refractivity contribution < 1.29 is 14.3 Å². The minimum absolute atomic E-state index is 0.0959. The number of aryl methyl sites for hydroxylation is 1. The van der Waals surface area contributed by atoms with Gasteiger partial charge in [0.25, 0.3) is 0 Å². The minimum atomic E-state index is -0.397. The molecule has 0 unspecified atom stereocenters. The van der Waals surface area contributed by atoms with E-state index in [1.165, 1.54) is 6.92 Å². The van der Waals surface area contributed by atoms with Gasteiger partial charge in [-0.05, 0) is 61.9 Å². The lowest BCUT2D eigenvalue weighted by Gasteiger charge is -2.12. The topological polar surface area (TPSA) is 73.2 Å². The van der Waals surface area contributed by atoms with Crippen molar-refractivity contribution in [1.29, 1.82) is 0 Å². The zero-order chi connectivity index (χ0) is 24.2. The summed E-state index contributed by atoms with van der Waals surface area (Å²) in [6.45, 7) is 7.71. The number of anilines is 1. The number of rotatable bonds is 7. The summed E-state index contributed by atoms with van der Waals surface area (Å²) in [6, 6.07) is 15.7. The molecule has 0 atom stereocenters. The number of hydrogen-bond donors (Lipinski definition) is 1. The van der Waals surface area contributed by atoms with Gasteiger partial charge < -0.3 is 10.1 Å². The molecule has 0 aliphatic heterocycles. The predicted octanol–water partition coefficient (Wildman–Crippen LogP) is 6.10. The fourth-order valence-electron chi connectivity index (χ4n) is 4.51. The van der Waals surface area contributed by atoms with Crippen molar-refractivity contribution in [3.05, 3.63) is 59.8 Å². The molecule has 1 aliphatic rings. The maximum atomic E-state index is 12.5. The predicted molar refractivity (Wildman–Crippen MR) is 134 cm³/mol. The van der Waals surface area contributed by atoms with E-state index in [4.69, 9.17) is 9.84 Å². The first kappa shape index (κ1) is 23.7. The Bertz CT molecular complexity index is 1150. The Balaban J connectivity index is 1.73. The number of carbonyl (C=O) groups excluding carboxylic acids is 2. The van der Waals surface area contributed by atoms with Crippen LogP contribution >= 0.6 is 0 Å². The molecular formula is C28H33N3O3. The second-order valence-corrected chi connectivity index (χ2v) is 9.61. The van der Waals surface area contributed by atoms with Gasteiger partial charge in [-0.1, -0.05) is 56.5 Å². The lowest BCUT2D eigenvalue weighted by molar-refractivity contribution is -0.132. The smallest absolute Gasteiger partial charge is 0.309 e. The molecule has 1 fully saturated rings. The number of aromatic nitrogens is 2. The molecule has 1 aliphatic carbocycles. The second-order valence-electron chi connectivity index (χ2n) is 9.61. The molecule has 0 radical (unpaired) electrons. The number of esters is 1. The number of amides is 1. The Morgan fingerprint density at radius 1 is 1.06 bits per heavy atom. The van der Waals surface area contributed by atoms with Crippen LogP contribution in [-0.2, 0) is 16.0 Å². The summed E-state index contributed by atoms with van der Waals surface area (Å²) < 4.78 is 7.44. The fraction of sp³-hybridized carbons (Fsp3) is 0.393. The lowest BCUT2D eigenvalue weighted by Crippen LogP contribution is -2.20. The molecule has 3 aromatic rings. The van der Waals surface area contributed by atoms with Crippen molar-refractivity contribution in [3.63, 3.8) is 0 Å². The highest BCUT2D eigenvalue weighted by atomic mass is 16.5. The van der Waals surface area contributed by atoms with Gasteiger partial charge in [0.15, 0.2) is 0 Å². The third-order valence-corrected chi connectivity index (χ3v) is 6.20. The van der Waals surface area contributed by atoms with E-state index in [-0.39, 0.29) is 11.8 Å². The Morgan fingerprint density at radius 2 is 1.71 bits per heavy atom. The molecule has 34 heavy (non-hydrogen) atoms. The number of benzene rings is 2. The van der Waals surface area contributed by atoms with Crippen LogP contribution in [0.25, 0.3) is 16.8 Å². The molecule has 1 aromatic heterocycles. The highest BCUT2D eigenvalue weighted by Crippen LogP contribution is 2.37. The van der Waals surface area contributed by atoms with Gasteiger partial charge in [0.2, 0.25) is 11.8 Å². The van der Waals surface area contributed by atoms with E-state index in [1.54, 1.807) is 4.68 Å². The molecule has 1 saturated carbocycles. The first-order chi connectivity index (χ1) is 16.3. The molecule has 0 spiro atoms. The Labute approximate surface area is 201 Å². The molecule has 1 amide bonds. The summed E-state index contributed by atoms with van der Waals surface area (Å²) >= 11 is 0. The number of hydrogen-bond acceptors (Lipinski definition) is 4. The third-order valence-electron chi connectivity index (χ3n) is 6.20. The van der Waals surface area contributed by atoms with Crippen molar-refractivity contribution in [2.75, 3.05) is 5.32 Å². The van der Waals surface area contributed by atoms with Crippen molar-refractivity contribution in [2.24, 2.45) is 11.8 Å². The summed E-state index contributed by atoms with van der Waals surface area (Å²) in [5.74, 6) is 0.593. The largest absolute Gasteiger partial charge is 0.407 e. The van der Waals surface area contributed by atoms with Gasteiger partial charge in [-0.25, -0.2) is 0 Å². The standard InChI is InChI=1S/C28H33N3O3/c1-18(2)17-25-26(21-11-13-23(14-12-21)29-27(33)22-7-5-6-8-22)28(34-20(4)32)31(30-25)24-15-9-19(3)10-16-24/h9-16,18,22H,5-8,17H2,1-4H3,(H,29,33). The first-order valence-electron chi connectivity index (χ1n) is 12.1. The lowest BCUT2D eigenvalue weighted by atomic mass is 9.99. The maximum absolute atomic E-state index is 12.5. The monoisotopic (exact) mass is 459 g/mol. The van der Waals surface area contributed by atoms with Crippen LogP contribution in [0.5, 0.6) is 5.88 Å². The molecule has 0 saturated heterocycles. The van der Waals surface area contributed by atoms with E-state index < -0.39 is 5.97 Å². The van der Waals surface area contributed by atoms with E-state index >= 15 is 0 Å². The first-order valence-corrected chi connectivity index (χ1v) is 12.1. The summed E-state index contributed by atoms with van der Waals surface area (Å²) in [7, 11) is 0. The number of carbonyl (C=O) groups is 2. The van der Waals surface area contributed by atoms with Crippen molar-refractivity contribution in [1.82, 2.24) is 9.78 Å². The molecule has 2 aromatic carbocycles. The van der Waals surface area contributed by atoms with Crippen molar-refractivity contribution >= 4 is 17.6 Å². The van der Waals surface area contributed by atoms with Crippen LogP contribution in [0, 0.1) is 18.8 Å². The van der Waals surface area contributed by atoms with Gasteiger partial charge in [-0.2, -0.15) is 9.78 Å². The molecule has 6 nitrogen and oxygen atoms in total. The summed E-state index contributed by atoms with van der Waals surface area (Å²) in [6.07, 6.45) is 4.92. The van der Waals surface area contributed by atoms with Gasteiger partial charge in [0.05, 0.1) is 16.9 Å². The highest BCUT2D eigenvalue weighted by molar-refractivity contribution is 5.93. The zero-order valence-corrected chi connectivity index (χ0v) is 20.4. The molecular weight excluding hydrogens is 426 g/mol. The summed E-state index contributed by atoms with van der Waals surface area (Å²) in [5, 5.41) is 7.92. The molecule has 4 rings (SSSR count). The number of nitrogens with one attached hydrogen (secondary N) is 1. The van der Waals surface area contributed by atoms with Crippen LogP contribution < -0.4 is 10.1 Å². The van der Waals surface area contributed by atoms with Crippen molar-refractivity contribution in [2.45, 2.75) is 59.8 Å². The van der Waals surface area contributed by atoms with E-state index in [1.807, 2.05) is 55.5 Å². The number of nitrogens with zero attached hydrogens (tertiary/aromatic N) is 2. The van der Waals surface area contributed by atoms with E-state index in [0.717, 1.165) is 65.9 Å². The van der Waals surface area contributed by atoms with Crippen LogP contribution in [0.15, 0.2) is 48.5 Å². The van der Waals surface area contributed by atoms with Gasteiger partial charge in [0.1, 0.15) is 0 Å². The van der Waals surface area contributed by atoms with Crippen LogP contribution in [0.2, 0.25) is 0 Å². The minimum Gasteiger partial charge on any atom is -0.407 e. The molecule has 6 heteroatoms. The Kier molecular flexibility index (Phi) is 7.15. The second kappa shape index (κ2) is 10.2. The van der Waals surface area contributed by atoms with E-state index in [2.05, 4.69) is 19.2 Å². The van der Waals surface area contributed by atoms with Crippen LogP contribution in [0.3, 0.4) is 0 Å². The molecule has 1 heterocycles. The van der Waals surface area contributed by atoms with E-state index in [0.29, 0.717) is 11.8 Å². The number of ether oxygens (including phenoxy) is 1. The SMILES string of the molecule is CC(=O)Oc1c(-c2ccc(NC(=O)C3CCCC3)cc2)c(CC(C)C)nn1-c1ccc(C)cc1. The molecule has 1 N–H and O–H groups in total. The van der Waals surface area contributed by atoms with Gasteiger partial charge in [-0.3, -0.25) is 9.59 Å². The maximum Gasteiger partial charge on any atom is 0.309 e. The quantitative estimate of drug-likeness (QED) is 0.433. The van der Waals surface area contributed by atoms with Crippen LogP contribution in [-0.4, -0.2) is 21.7 Å². The van der Waals surface area contributed by atoms with Gasteiger partial charge in [-0.15, -0.1) is 0 Å².